The van der Waals surface area contributed by atoms with Gasteiger partial charge in [0, 0.05) is 24.2 Å². The Hall–Kier alpha value is -2.44. The van der Waals surface area contributed by atoms with Crippen molar-refractivity contribution in [1.29, 1.82) is 0 Å². The summed E-state index contributed by atoms with van der Waals surface area (Å²) in [5, 5.41) is 14.7. The van der Waals surface area contributed by atoms with Crippen molar-refractivity contribution in [3.63, 3.8) is 0 Å². The van der Waals surface area contributed by atoms with E-state index in [0.29, 0.717) is 23.6 Å². The lowest BCUT2D eigenvalue weighted by Gasteiger charge is -2.07. The molecule has 2 heterocycles. The number of pyridine rings is 1. The minimum atomic E-state index is 0.112. The molecule has 1 aromatic carbocycles. The largest absolute Gasteiger partial charge is 0.503 e. The van der Waals surface area contributed by atoms with Crippen molar-refractivity contribution in [3.8, 4) is 17.4 Å². The van der Waals surface area contributed by atoms with E-state index in [-0.39, 0.29) is 5.75 Å². The topological polar surface area (TPSA) is 67.3 Å². The number of nitrogens with one attached hydrogen (secondary N) is 1. The molecule has 2 aromatic heterocycles. The van der Waals surface area contributed by atoms with Gasteiger partial charge in [-0.2, -0.15) is 0 Å². The molecule has 3 aromatic rings. The van der Waals surface area contributed by atoms with Crippen LogP contribution in [0, 0.1) is 0 Å². The summed E-state index contributed by atoms with van der Waals surface area (Å²) in [6.07, 6.45) is 5.81. The first kappa shape index (κ1) is 18.4. The van der Waals surface area contributed by atoms with E-state index in [1.165, 1.54) is 11.3 Å². The number of likely N-dealkylation sites (N-methyl/N-ethyl adjacent to an activating group) is 1. The molecule has 0 saturated carbocycles. The van der Waals surface area contributed by atoms with Crippen LogP contribution in [0.2, 0.25) is 0 Å². The zero-order valence-corrected chi connectivity index (χ0v) is 16.2. The first-order chi connectivity index (χ1) is 12.5. The highest BCUT2D eigenvalue weighted by atomic mass is 32.1. The van der Waals surface area contributed by atoms with Gasteiger partial charge in [-0.3, -0.25) is 0 Å². The predicted octanol–water partition coefficient (Wildman–Crippen LogP) is 4.93. The molecule has 0 fully saturated rings. The highest BCUT2D eigenvalue weighted by Crippen LogP contribution is 2.40. The summed E-state index contributed by atoms with van der Waals surface area (Å²) >= 11 is 1.49. The second kappa shape index (κ2) is 7.85. The van der Waals surface area contributed by atoms with Crippen LogP contribution in [0.1, 0.15) is 37.3 Å². The maximum atomic E-state index is 10.5. The number of nitrogens with zero attached hydrogens (tertiary/aromatic N) is 2. The second-order valence-corrected chi connectivity index (χ2v) is 7.47. The average Bonchev–Trinajstić information content (AvgIpc) is 3.08. The summed E-state index contributed by atoms with van der Waals surface area (Å²) in [7, 11) is 1.92. The fourth-order valence-corrected chi connectivity index (χ4v) is 3.33. The average molecular weight is 369 g/mol. The van der Waals surface area contributed by atoms with Crippen LogP contribution in [-0.2, 0) is 0 Å². The van der Waals surface area contributed by atoms with Gasteiger partial charge in [0.1, 0.15) is 4.70 Å². The van der Waals surface area contributed by atoms with Gasteiger partial charge in [0.05, 0.1) is 10.5 Å². The molecule has 26 heavy (non-hydrogen) atoms. The molecule has 0 aliphatic rings. The summed E-state index contributed by atoms with van der Waals surface area (Å²) < 4.78 is 6.51. The van der Waals surface area contributed by atoms with Gasteiger partial charge in [0.15, 0.2) is 11.5 Å². The van der Waals surface area contributed by atoms with Crippen LogP contribution in [-0.4, -0.2) is 28.2 Å². The van der Waals surface area contributed by atoms with Crippen molar-refractivity contribution in [3.05, 3.63) is 47.1 Å². The van der Waals surface area contributed by atoms with E-state index >= 15 is 0 Å². The minimum Gasteiger partial charge on any atom is -0.503 e. The monoisotopic (exact) mass is 369 g/mol. The number of fused-ring (bicyclic) bond motifs is 1. The number of hydrogen-bond donors (Lipinski definition) is 2. The Kier molecular flexibility index (Phi) is 5.54. The van der Waals surface area contributed by atoms with Crippen molar-refractivity contribution >= 4 is 27.6 Å². The van der Waals surface area contributed by atoms with Crippen LogP contribution < -0.4 is 10.1 Å². The Morgan fingerprint density at radius 1 is 1.19 bits per heavy atom. The molecule has 0 amide bonds. The molecule has 0 bridgehead atoms. The van der Waals surface area contributed by atoms with Crippen molar-refractivity contribution < 1.29 is 9.84 Å². The molecule has 0 saturated heterocycles. The van der Waals surface area contributed by atoms with Crippen molar-refractivity contribution in [2.75, 3.05) is 7.05 Å². The molecule has 1 atom stereocenters. The number of aromatic nitrogens is 2. The highest BCUT2D eigenvalue weighted by Gasteiger charge is 2.15. The summed E-state index contributed by atoms with van der Waals surface area (Å²) in [4.78, 5) is 8.86. The number of benzene rings is 1. The summed E-state index contributed by atoms with van der Waals surface area (Å²) in [6, 6.07) is 7.61. The van der Waals surface area contributed by atoms with E-state index < -0.39 is 0 Å². The molecule has 0 radical (unpaired) electrons. The fraction of sp³-hybridized carbons (Fsp3) is 0.300. The third-order valence-electron chi connectivity index (χ3n) is 4.01. The molecule has 3 rings (SSSR count). The van der Waals surface area contributed by atoms with E-state index in [2.05, 4.69) is 42.1 Å². The van der Waals surface area contributed by atoms with E-state index in [9.17, 15) is 5.11 Å². The molecule has 2 N–H and O–H groups in total. The van der Waals surface area contributed by atoms with Gasteiger partial charge in [0.25, 0.3) is 0 Å². The Bertz CT molecular complexity index is 917. The maximum absolute atomic E-state index is 10.5. The lowest BCUT2D eigenvalue weighted by Crippen LogP contribution is -2.17. The number of phenols is 1. The summed E-state index contributed by atoms with van der Waals surface area (Å²) in [6.45, 7) is 6.25. The molecule has 5 nitrogen and oxygen atoms in total. The molecule has 136 valence electrons. The summed E-state index contributed by atoms with van der Waals surface area (Å²) in [5.41, 5.74) is 1.78. The first-order valence-electron chi connectivity index (χ1n) is 8.59. The molecule has 0 spiro atoms. The Labute approximate surface area is 157 Å². The highest BCUT2D eigenvalue weighted by molar-refractivity contribution is 7.19. The van der Waals surface area contributed by atoms with Crippen LogP contribution in [0.25, 0.3) is 16.3 Å². The number of hydrogen-bond acceptors (Lipinski definition) is 6. The third kappa shape index (κ3) is 4.03. The van der Waals surface area contributed by atoms with Gasteiger partial charge in [-0.15, -0.1) is 11.3 Å². The standard InChI is InChI=1S/C20H23N3O2S/c1-12(2)20-23-15-8-9-16(18(24)19(15)26-20)25-17-10-7-14(11-22-17)6-5-13(3)21-4/h5-13,21,24H,1-4H3/b6-5+/t13-/m0/s1. The zero-order valence-electron chi connectivity index (χ0n) is 15.4. The molecule has 0 unspecified atom stereocenters. The Morgan fingerprint density at radius 2 is 2.00 bits per heavy atom. The van der Waals surface area contributed by atoms with E-state index in [1.54, 1.807) is 18.3 Å². The molecule has 6 heteroatoms. The van der Waals surface area contributed by atoms with E-state index in [0.717, 1.165) is 20.8 Å². The van der Waals surface area contributed by atoms with Crippen LogP contribution in [0.4, 0.5) is 0 Å². The molecular formula is C20H23N3O2S. The number of aromatic hydroxyl groups is 1. The number of ether oxygens (including phenoxy) is 1. The molecular weight excluding hydrogens is 346 g/mol. The van der Waals surface area contributed by atoms with Crippen LogP contribution in [0.15, 0.2) is 36.5 Å². The second-order valence-electron chi connectivity index (χ2n) is 6.44. The van der Waals surface area contributed by atoms with Crippen molar-refractivity contribution in [1.82, 2.24) is 15.3 Å². The Morgan fingerprint density at radius 3 is 2.65 bits per heavy atom. The maximum Gasteiger partial charge on any atom is 0.219 e. The van der Waals surface area contributed by atoms with E-state index in [4.69, 9.17) is 4.74 Å². The smallest absolute Gasteiger partial charge is 0.219 e. The van der Waals surface area contributed by atoms with Gasteiger partial charge in [0.2, 0.25) is 5.88 Å². The van der Waals surface area contributed by atoms with Crippen LogP contribution in [0.3, 0.4) is 0 Å². The number of thiazole rings is 1. The molecule has 0 aliphatic carbocycles. The van der Waals surface area contributed by atoms with Crippen LogP contribution >= 0.6 is 11.3 Å². The zero-order chi connectivity index (χ0) is 18.7. The lowest BCUT2D eigenvalue weighted by molar-refractivity contribution is 0.407. The van der Waals surface area contributed by atoms with Crippen molar-refractivity contribution in [2.45, 2.75) is 32.7 Å². The quantitative estimate of drug-likeness (QED) is 0.644. The lowest BCUT2D eigenvalue weighted by atomic mass is 10.2. The Balaban J connectivity index is 1.80. The van der Waals surface area contributed by atoms with Gasteiger partial charge in [-0.1, -0.05) is 26.0 Å². The SMILES string of the molecule is CN[C@@H](C)/C=C/c1ccc(Oc2ccc3nc(C(C)C)sc3c2O)nc1. The molecule has 0 aliphatic heterocycles. The van der Waals surface area contributed by atoms with Gasteiger partial charge in [-0.25, -0.2) is 9.97 Å². The van der Waals surface area contributed by atoms with Gasteiger partial charge < -0.3 is 15.2 Å². The minimum absolute atomic E-state index is 0.112. The number of phenolic OH excluding ortho intramolecular Hbond substituents is 1. The number of rotatable bonds is 6. The van der Waals surface area contributed by atoms with Crippen molar-refractivity contribution in [2.24, 2.45) is 0 Å². The van der Waals surface area contributed by atoms with Gasteiger partial charge >= 0.3 is 0 Å². The normalized spacial score (nSPS) is 13.0. The first-order valence-corrected chi connectivity index (χ1v) is 9.41. The van der Waals surface area contributed by atoms with E-state index in [1.807, 2.05) is 25.3 Å². The summed E-state index contributed by atoms with van der Waals surface area (Å²) in [5.74, 6) is 1.26. The van der Waals surface area contributed by atoms with Gasteiger partial charge in [-0.05, 0) is 37.7 Å². The third-order valence-corrected chi connectivity index (χ3v) is 5.39. The fourth-order valence-electron chi connectivity index (χ4n) is 2.32. The predicted molar refractivity (Wildman–Crippen MR) is 107 cm³/mol. The van der Waals surface area contributed by atoms with Crippen LogP contribution in [0.5, 0.6) is 17.4 Å².